The summed E-state index contributed by atoms with van der Waals surface area (Å²) in [6.07, 6.45) is -5.08. The zero-order valence-corrected chi connectivity index (χ0v) is 12.7. The summed E-state index contributed by atoms with van der Waals surface area (Å²) in [6.45, 7) is 0. The first-order valence-corrected chi connectivity index (χ1v) is 7.40. The van der Waals surface area contributed by atoms with E-state index in [9.17, 15) is 18.0 Å². The van der Waals surface area contributed by atoms with Crippen molar-refractivity contribution in [3.8, 4) is 0 Å². The number of benzene rings is 2. The molecule has 1 aliphatic rings. The van der Waals surface area contributed by atoms with Crippen LogP contribution in [-0.4, -0.2) is 5.97 Å². The van der Waals surface area contributed by atoms with Gasteiger partial charge in [0.1, 0.15) is 4.83 Å². The number of cyclic esters (lactones) is 1. The monoisotopic (exact) mass is 370 g/mol. The predicted octanol–water partition coefficient (Wildman–Crippen LogP) is 4.79. The Morgan fingerprint density at radius 1 is 0.955 bits per heavy atom. The minimum absolute atomic E-state index is 0.455. The molecule has 0 radical (unpaired) electrons. The van der Waals surface area contributed by atoms with Crippen LogP contribution in [0.3, 0.4) is 0 Å². The number of carbonyl (C=O) groups is 1. The average Bonchev–Trinajstić information content (AvgIpc) is 2.50. The number of fused-ring (bicyclic) bond motifs is 1. The lowest BCUT2D eigenvalue weighted by Gasteiger charge is -2.28. The molecule has 2 atom stereocenters. The normalized spacial score (nSPS) is 21.2. The van der Waals surface area contributed by atoms with Crippen molar-refractivity contribution in [2.45, 2.75) is 17.1 Å². The summed E-state index contributed by atoms with van der Waals surface area (Å²) >= 11 is 3.27. The second-order valence-corrected chi connectivity index (χ2v) is 5.84. The van der Waals surface area contributed by atoms with E-state index in [1.807, 2.05) is 0 Å². The lowest BCUT2D eigenvalue weighted by Crippen LogP contribution is -2.24. The molecule has 22 heavy (non-hydrogen) atoms. The Bertz CT molecular complexity index is 710. The van der Waals surface area contributed by atoms with E-state index in [0.717, 1.165) is 23.3 Å². The smallest absolute Gasteiger partial charge is 0.416 e. The highest BCUT2D eigenvalue weighted by atomic mass is 79.9. The minimum Gasteiger partial charge on any atom is -0.451 e. The molecule has 6 heteroatoms. The maximum atomic E-state index is 12.6. The molecule has 0 saturated carbocycles. The van der Waals surface area contributed by atoms with Crippen LogP contribution in [0.1, 0.15) is 33.2 Å². The number of ether oxygens (including phenoxy) is 1. The van der Waals surface area contributed by atoms with Gasteiger partial charge in [-0.3, -0.25) is 4.79 Å². The number of halogens is 4. The number of alkyl halides is 4. The number of hydrogen-bond donors (Lipinski definition) is 0. The van der Waals surface area contributed by atoms with Crippen LogP contribution in [0.25, 0.3) is 0 Å². The summed E-state index contributed by atoms with van der Waals surface area (Å²) < 4.78 is 43.2. The molecule has 2 aromatic rings. The fraction of sp³-hybridized carbons (Fsp3) is 0.188. The van der Waals surface area contributed by atoms with E-state index in [0.29, 0.717) is 5.56 Å². The molecular weight excluding hydrogens is 361 g/mol. The third kappa shape index (κ3) is 2.63. The van der Waals surface area contributed by atoms with Crippen molar-refractivity contribution >= 4 is 21.9 Å². The zero-order valence-electron chi connectivity index (χ0n) is 11.1. The van der Waals surface area contributed by atoms with Crippen molar-refractivity contribution < 1.29 is 22.7 Å². The number of carbonyl (C=O) groups excluding carboxylic acids is 1. The van der Waals surface area contributed by atoms with Crippen LogP contribution in [-0.2, 0) is 15.7 Å². The summed E-state index contributed by atoms with van der Waals surface area (Å²) in [5.74, 6) is -0.455. The van der Waals surface area contributed by atoms with Crippen LogP contribution < -0.4 is 0 Å². The van der Waals surface area contributed by atoms with Gasteiger partial charge in [0, 0.05) is 5.56 Å². The topological polar surface area (TPSA) is 26.3 Å². The van der Waals surface area contributed by atoms with E-state index in [2.05, 4.69) is 15.9 Å². The first-order valence-electron chi connectivity index (χ1n) is 6.48. The van der Waals surface area contributed by atoms with Crippen molar-refractivity contribution in [2.24, 2.45) is 0 Å². The van der Waals surface area contributed by atoms with Crippen LogP contribution in [0.5, 0.6) is 0 Å². The van der Waals surface area contributed by atoms with Crippen molar-refractivity contribution in [3.63, 3.8) is 0 Å². The Balaban J connectivity index is 2.02. The van der Waals surface area contributed by atoms with Crippen molar-refractivity contribution in [2.75, 3.05) is 0 Å². The Hall–Kier alpha value is -1.82. The number of hydrogen-bond acceptors (Lipinski definition) is 2. The molecule has 0 bridgehead atoms. The van der Waals surface area contributed by atoms with Gasteiger partial charge >= 0.3 is 12.1 Å². The molecule has 114 valence electrons. The Morgan fingerprint density at radius 3 is 2.14 bits per heavy atom. The lowest BCUT2D eigenvalue weighted by molar-refractivity contribution is -0.148. The summed E-state index contributed by atoms with van der Waals surface area (Å²) in [5, 5.41) is 0. The van der Waals surface area contributed by atoms with Crippen LogP contribution in [0.15, 0.2) is 48.5 Å². The van der Waals surface area contributed by atoms with Crippen molar-refractivity contribution in [3.05, 3.63) is 70.8 Å². The zero-order chi connectivity index (χ0) is 15.9. The second-order valence-electron chi connectivity index (χ2n) is 4.93. The molecule has 0 fully saturated rings. The summed E-state index contributed by atoms with van der Waals surface area (Å²) in [5.41, 5.74) is 1.31. The summed E-state index contributed by atoms with van der Waals surface area (Å²) in [4.78, 5) is 11.4. The van der Waals surface area contributed by atoms with Gasteiger partial charge < -0.3 is 4.74 Å². The Morgan fingerprint density at radius 2 is 1.55 bits per heavy atom. The molecule has 0 saturated heterocycles. The van der Waals surface area contributed by atoms with Gasteiger partial charge in [-0.1, -0.05) is 52.3 Å². The van der Waals surface area contributed by atoms with Crippen LogP contribution in [0.4, 0.5) is 13.2 Å². The third-order valence-electron chi connectivity index (χ3n) is 3.53. The third-order valence-corrected chi connectivity index (χ3v) is 4.40. The minimum atomic E-state index is -4.39. The van der Waals surface area contributed by atoms with E-state index >= 15 is 0 Å². The molecule has 3 rings (SSSR count). The molecule has 2 nitrogen and oxygen atoms in total. The van der Waals surface area contributed by atoms with E-state index in [1.165, 1.54) is 12.1 Å². The first-order chi connectivity index (χ1) is 10.4. The molecule has 0 aromatic heterocycles. The Labute approximate surface area is 133 Å². The molecule has 0 amide bonds. The van der Waals surface area contributed by atoms with Gasteiger partial charge in [-0.2, -0.15) is 13.2 Å². The van der Waals surface area contributed by atoms with Crippen molar-refractivity contribution in [1.29, 1.82) is 0 Å². The van der Waals surface area contributed by atoms with Gasteiger partial charge in [0.05, 0.1) is 5.56 Å². The predicted molar refractivity (Wildman–Crippen MR) is 77.5 cm³/mol. The second kappa shape index (κ2) is 5.43. The van der Waals surface area contributed by atoms with Gasteiger partial charge in [0.2, 0.25) is 0 Å². The quantitative estimate of drug-likeness (QED) is 0.532. The molecule has 2 unspecified atom stereocenters. The largest absolute Gasteiger partial charge is 0.451 e. The maximum absolute atomic E-state index is 12.6. The fourth-order valence-electron chi connectivity index (χ4n) is 2.44. The molecule has 0 N–H and O–H groups in total. The number of esters is 1. The van der Waals surface area contributed by atoms with Gasteiger partial charge in [-0.05, 0) is 23.3 Å². The highest BCUT2D eigenvalue weighted by Gasteiger charge is 2.35. The van der Waals surface area contributed by atoms with Gasteiger partial charge in [-0.25, -0.2) is 0 Å². The highest BCUT2D eigenvalue weighted by molar-refractivity contribution is 9.09. The molecule has 2 aromatic carbocycles. The van der Waals surface area contributed by atoms with Crippen LogP contribution in [0, 0.1) is 0 Å². The first kappa shape index (κ1) is 15.1. The van der Waals surface area contributed by atoms with E-state index in [-0.39, 0.29) is 0 Å². The molecule has 0 aliphatic carbocycles. The van der Waals surface area contributed by atoms with Crippen LogP contribution in [0.2, 0.25) is 0 Å². The summed E-state index contributed by atoms with van der Waals surface area (Å²) in [7, 11) is 0. The molecule has 1 heterocycles. The standard InChI is InChI=1S/C16H10BrF3O2/c17-13-11-3-1-2-4-12(11)14(22-15(13)21)9-5-7-10(8-6-9)16(18,19)20/h1-8,13-14H. The van der Waals surface area contributed by atoms with E-state index in [4.69, 9.17) is 4.74 Å². The van der Waals surface area contributed by atoms with Gasteiger partial charge in [0.25, 0.3) is 0 Å². The SMILES string of the molecule is O=C1OC(c2ccc(C(F)(F)F)cc2)c2ccccc2C1Br. The molecular formula is C16H10BrF3O2. The van der Waals surface area contributed by atoms with E-state index in [1.54, 1.807) is 24.3 Å². The van der Waals surface area contributed by atoms with Gasteiger partial charge in [-0.15, -0.1) is 0 Å². The fourth-order valence-corrected chi connectivity index (χ4v) is 2.97. The van der Waals surface area contributed by atoms with E-state index < -0.39 is 28.6 Å². The Kier molecular flexibility index (Phi) is 3.72. The van der Waals surface area contributed by atoms with Gasteiger partial charge in [0.15, 0.2) is 6.10 Å². The average molecular weight is 371 g/mol. The molecule has 0 spiro atoms. The summed E-state index contributed by atoms with van der Waals surface area (Å²) in [6, 6.07) is 11.9. The van der Waals surface area contributed by atoms with Crippen molar-refractivity contribution in [1.82, 2.24) is 0 Å². The van der Waals surface area contributed by atoms with Crippen LogP contribution >= 0.6 is 15.9 Å². The lowest BCUT2D eigenvalue weighted by atomic mass is 9.92. The maximum Gasteiger partial charge on any atom is 0.416 e. The number of rotatable bonds is 1. The highest BCUT2D eigenvalue weighted by Crippen LogP contribution is 2.41. The molecule has 1 aliphatic heterocycles.